The molecule has 0 unspecified atom stereocenters. The number of hydrogen-bond acceptors (Lipinski definition) is 5. The van der Waals surface area contributed by atoms with Gasteiger partial charge in [0.05, 0.1) is 12.7 Å². The Morgan fingerprint density at radius 2 is 1.87 bits per heavy atom. The van der Waals surface area contributed by atoms with Gasteiger partial charge in [0.25, 0.3) is 5.91 Å². The number of aryl methyl sites for hydroxylation is 2. The van der Waals surface area contributed by atoms with Gasteiger partial charge in [0, 0.05) is 16.3 Å². The first-order chi connectivity index (χ1) is 11.0. The van der Waals surface area contributed by atoms with Gasteiger partial charge in [-0.1, -0.05) is 12.1 Å². The number of benzene rings is 1. The van der Waals surface area contributed by atoms with Crippen molar-refractivity contribution in [3.63, 3.8) is 0 Å². The third-order valence-corrected chi connectivity index (χ3v) is 4.21. The van der Waals surface area contributed by atoms with E-state index in [-0.39, 0.29) is 12.5 Å². The first kappa shape index (κ1) is 17.0. The zero-order valence-corrected chi connectivity index (χ0v) is 14.2. The molecule has 1 heterocycles. The van der Waals surface area contributed by atoms with Crippen LogP contribution in [0, 0.1) is 13.8 Å². The maximum atomic E-state index is 11.9. The third kappa shape index (κ3) is 4.82. The summed E-state index contributed by atoms with van der Waals surface area (Å²) >= 11 is 1.53. The van der Waals surface area contributed by atoms with Gasteiger partial charge in [-0.05, 0) is 37.6 Å². The molecule has 2 rings (SSSR count). The van der Waals surface area contributed by atoms with Crippen molar-refractivity contribution in [3.8, 4) is 5.75 Å². The van der Waals surface area contributed by atoms with Crippen molar-refractivity contribution >= 4 is 23.2 Å². The molecule has 2 aromatic rings. The van der Waals surface area contributed by atoms with Crippen LogP contribution < -0.4 is 10.1 Å². The highest BCUT2D eigenvalue weighted by molar-refractivity contribution is 7.12. The number of carbonyl (C=O) groups excluding carboxylic acids is 2. The van der Waals surface area contributed by atoms with E-state index in [0.29, 0.717) is 12.1 Å². The lowest BCUT2D eigenvalue weighted by Gasteiger charge is -2.07. The van der Waals surface area contributed by atoms with E-state index in [1.54, 1.807) is 13.2 Å². The number of esters is 1. The van der Waals surface area contributed by atoms with Crippen molar-refractivity contribution < 1.29 is 19.1 Å². The van der Waals surface area contributed by atoms with Crippen LogP contribution in [-0.4, -0.2) is 25.6 Å². The molecule has 1 aromatic heterocycles. The lowest BCUT2D eigenvalue weighted by molar-refractivity contribution is -0.124. The van der Waals surface area contributed by atoms with Crippen molar-refractivity contribution in [1.29, 1.82) is 0 Å². The second kappa shape index (κ2) is 7.78. The molecule has 6 heteroatoms. The number of nitrogens with one attached hydrogen (secondary N) is 1. The van der Waals surface area contributed by atoms with Crippen LogP contribution in [0.5, 0.6) is 5.75 Å². The highest BCUT2D eigenvalue weighted by atomic mass is 32.1. The zero-order chi connectivity index (χ0) is 16.8. The van der Waals surface area contributed by atoms with Gasteiger partial charge in [-0.15, -0.1) is 11.3 Å². The van der Waals surface area contributed by atoms with E-state index in [0.717, 1.165) is 21.1 Å². The fourth-order valence-corrected chi connectivity index (χ4v) is 2.95. The number of carbonyl (C=O) groups is 2. The average molecular weight is 333 g/mol. The third-order valence-electron chi connectivity index (χ3n) is 3.24. The summed E-state index contributed by atoms with van der Waals surface area (Å²) < 4.78 is 10.1. The van der Waals surface area contributed by atoms with Crippen molar-refractivity contribution in [2.75, 3.05) is 13.7 Å². The Bertz CT molecular complexity index is 691. The normalized spacial score (nSPS) is 10.2. The van der Waals surface area contributed by atoms with Crippen molar-refractivity contribution in [2.45, 2.75) is 20.4 Å². The maximum Gasteiger partial charge on any atom is 0.339 e. The minimum atomic E-state index is -0.466. The maximum absolute atomic E-state index is 11.9. The van der Waals surface area contributed by atoms with E-state index < -0.39 is 5.97 Å². The minimum Gasteiger partial charge on any atom is -0.497 e. The molecule has 0 atom stereocenters. The molecule has 0 saturated heterocycles. The van der Waals surface area contributed by atoms with Gasteiger partial charge in [-0.2, -0.15) is 0 Å². The lowest BCUT2D eigenvalue weighted by atomic mass is 10.2. The quantitative estimate of drug-likeness (QED) is 0.826. The molecule has 0 bridgehead atoms. The van der Waals surface area contributed by atoms with Gasteiger partial charge in [-0.3, -0.25) is 4.79 Å². The van der Waals surface area contributed by atoms with Gasteiger partial charge < -0.3 is 14.8 Å². The average Bonchev–Trinajstić information content (AvgIpc) is 2.89. The molecule has 1 aromatic carbocycles. The minimum absolute atomic E-state index is 0.288. The van der Waals surface area contributed by atoms with Gasteiger partial charge in [0.1, 0.15) is 5.75 Å². The highest BCUT2D eigenvalue weighted by Gasteiger charge is 2.14. The van der Waals surface area contributed by atoms with E-state index in [1.807, 2.05) is 38.1 Å². The number of thiophene rings is 1. The Morgan fingerprint density at radius 3 is 2.43 bits per heavy atom. The Morgan fingerprint density at radius 1 is 1.17 bits per heavy atom. The smallest absolute Gasteiger partial charge is 0.339 e. The molecule has 0 radical (unpaired) electrons. The molecule has 122 valence electrons. The van der Waals surface area contributed by atoms with E-state index in [1.165, 1.54) is 11.3 Å². The molecule has 0 spiro atoms. The fourth-order valence-electron chi connectivity index (χ4n) is 2.04. The summed E-state index contributed by atoms with van der Waals surface area (Å²) in [6, 6.07) is 9.15. The van der Waals surface area contributed by atoms with Crippen LogP contribution in [-0.2, 0) is 16.1 Å². The lowest BCUT2D eigenvalue weighted by Crippen LogP contribution is -2.28. The van der Waals surface area contributed by atoms with Gasteiger partial charge in [-0.25, -0.2) is 4.79 Å². The summed E-state index contributed by atoms with van der Waals surface area (Å²) in [7, 11) is 1.60. The second-order valence-electron chi connectivity index (χ2n) is 5.03. The molecule has 0 aliphatic heterocycles. The van der Waals surface area contributed by atoms with Crippen LogP contribution >= 0.6 is 11.3 Å². The Balaban J connectivity index is 1.78. The summed E-state index contributed by atoms with van der Waals surface area (Å²) in [5, 5.41) is 2.71. The monoisotopic (exact) mass is 333 g/mol. The Labute approximate surface area is 139 Å². The summed E-state index contributed by atoms with van der Waals surface area (Å²) in [5.74, 6) is -0.0411. The summed E-state index contributed by atoms with van der Waals surface area (Å²) in [4.78, 5) is 25.6. The predicted octanol–water partition coefficient (Wildman–Crippen LogP) is 2.85. The van der Waals surface area contributed by atoms with Crippen LogP contribution in [0.4, 0.5) is 0 Å². The highest BCUT2D eigenvalue weighted by Crippen LogP contribution is 2.21. The van der Waals surface area contributed by atoms with Crippen molar-refractivity contribution in [3.05, 3.63) is 51.2 Å². The molecule has 0 aliphatic rings. The Kier molecular flexibility index (Phi) is 5.76. The van der Waals surface area contributed by atoms with Crippen LogP contribution in [0.1, 0.15) is 25.7 Å². The summed E-state index contributed by atoms with van der Waals surface area (Å²) in [5.41, 5.74) is 1.46. The molecule has 23 heavy (non-hydrogen) atoms. The summed E-state index contributed by atoms with van der Waals surface area (Å²) in [6.07, 6.45) is 0. The van der Waals surface area contributed by atoms with Crippen LogP contribution in [0.15, 0.2) is 30.3 Å². The Hall–Kier alpha value is -2.34. The van der Waals surface area contributed by atoms with E-state index in [2.05, 4.69) is 5.32 Å². The number of hydrogen-bond donors (Lipinski definition) is 1. The molecule has 5 nitrogen and oxygen atoms in total. The molecule has 0 saturated carbocycles. The van der Waals surface area contributed by atoms with E-state index >= 15 is 0 Å². The van der Waals surface area contributed by atoms with Crippen LogP contribution in [0.3, 0.4) is 0 Å². The standard InChI is InChI=1S/C17H19NO4S/c1-11-8-15(12(2)23-11)17(20)22-10-16(19)18-9-13-4-6-14(21-3)7-5-13/h4-8H,9-10H2,1-3H3,(H,18,19). The largest absolute Gasteiger partial charge is 0.497 e. The topological polar surface area (TPSA) is 64.6 Å². The van der Waals surface area contributed by atoms with E-state index in [4.69, 9.17) is 9.47 Å². The number of rotatable bonds is 6. The zero-order valence-electron chi connectivity index (χ0n) is 13.3. The molecule has 0 aliphatic carbocycles. The summed E-state index contributed by atoms with van der Waals surface area (Å²) in [6.45, 7) is 3.87. The van der Waals surface area contributed by atoms with Gasteiger partial charge >= 0.3 is 5.97 Å². The fraction of sp³-hybridized carbons (Fsp3) is 0.294. The number of methoxy groups -OCH3 is 1. The second-order valence-corrected chi connectivity index (χ2v) is 6.49. The molecule has 1 amide bonds. The van der Waals surface area contributed by atoms with Crippen LogP contribution in [0.2, 0.25) is 0 Å². The first-order valence-electron chi connectivity index (χ1n) is 7.13. The SMILES string of the molecule is COc1ccc(CNC(=O)COC(=O)c2cc(C)sc2C)cc1. The van der Waals surface area contributed by atoms with Crippen molar-refractivity contribution in [1.82, 2.24) is 5.32 Å². The number of ether oxygens (including phenoxy) is 2. The van der Waals surface area contributed by atoms with Gasteiger partial charge in [0.2, 0.25) is 0 Å². The molecular weight excluding hydrogens is 314 g/mol. The molecular formula is C17H19NO4S. The molecule has 1 N–H and O–H groups in total. The first-order valence-corrected chi connectivity index (χ1v) is 7.95. The molecule has 0 fully saturated rings. The van der Waals surface area contributed by atoms with Gasteiger partial charge in [0.15, 0.2) is 6.61 Å². The predicted molar refractivity (Wildman–Crippen MR) is 88.9 cm³/mol. The van der Waals surface area contributed by atoms with E-state index in [9.17, 15) is 9.59 Å². The van der Waals surface area contributed by atoms with Crippen molar-refractivity contribution in [2.24, 2.45) is 0 Å². The number of amides is 1. The van der Waals surface area contributed by atoms with Crippen LogP contribution in [0.25, 0.3) is 0 Å².